The predicted molar refractivity (Wildman–Crippen MR) is 67.5 cm³/mol. The zero-order chi connectivity index (χ0) is 11.6. The van der Waals surface area contributed by atoms with E-state index in [-0.39, 0.29) is 5.54 Å². The molecular formula is C14H22N2. The molecule has 2 rings (SSSR count). The maximum absolute atomic E-state index is 4.25. The second-order valence-electron chi connectivity index (χ2n) is 5.98. The molecule has 0 saturated heterocycles. The van der Waals surface area contributed by atoms with E-state index in [9.17, 15) is 0 Å². The van der Waals surface area contributed by atoms with Gasteiger partial charge in [-0.1, -0.05) is 12.5 Å². The maximum atomic E-state index is 4.25. The minimum atomic E-state index is 0.199. The number of hydrogen-bond acceptors (Lipinski definition) is 2. The molecule has 1 saturated carbocycles. The van der Waals surface area contributed by atoms with E-state index in [2.05, 4.69) is 37.1 Å². The van der Waals surface area contributed by atoms with E-state index in [1.54, 1.807) is 0 Å². The van der Waals surface area contributed by atoms with Crippen LogP contribution in [0.25, 0.3) is 0 Å². The zero-order valence-electron chi connectivity index (χ0n) is 10.6. The molecule has 1 heterocycles. The summed E-state index contributed by atoms with van der Waals surface area (Å²) in [5.41, 5.74) is 1.95. The maximum Gasteiger partial charge on any atom is 0.0306 e. The van der Waals surface area contributed by atoms with Gasteiger partial charge in [0.2, 0.25) is 0 Å². The molecule has 0 aromatic carbocycles. The fourth-order valence-electron chi connectivity index (χ4n) is 2.28. The van der Waals surface area contributed by atoms with Crippen molar-refractivity contribution in [1.82, 2.24) is 10.3 Å². The molecule has 0 atom stereocenters. The van der Waals surface area contributed by atoms with Crippen LogP contribution in [0.4, 0.5) is 0 Å². The van der Waals surface area contributed by atoms with E-state index in [0.29, 0.717) is 5.41 Å². The van der Waals surface area contributed by atoms with Crippen LogP contribution in [-0.4, -0.2) is 17.1 Å². The Bertz CT molecular complexity index is 334. The SMILES string of the molecule is CC(C)(C)NCC1(c2cccnc2)CCC1. The first-order chi connectivity index (χ1) is 7.52. The lowest BCUT2D eigenvalue weighted by Crippen LogP contribution is -2.49. The monoisotopic (exact) mass is 218 g/mol. The first-order valence-corrected chi connectivity index (χ1v) is 6.17. The predicted octanol–water partition coefficient (Wildman–Crippen LogP) is 2.89. The first kappa shape index (κ1) is 11.6. The molecule has 0 unspecified atom stereocenters. The van der Waals surface area contributed by atoms with E-state index < -0.39 is 0 Å². The number of nitrogens with one attached hydrogen (secondary N) is 1. The molecule has 0 bridgehead atoms. The Balaban J connectivity index is 2.09. The molecule has 0 amide bonds. The Kier molecular flexibility index (Phi) is 3.02. The lowest BCUT2D eigenvalue weighted by Gasteiger charge is -2.44. The molecule has 0 radical (unpaired) electrons. The van der Waals surface area contributed by atoms with E-state index >= 15 is 0 Å². The van der Waals surface area contributed by atoms with Crippen LogP contribution in [0, 0.1) is 0 Å². The molecule has 16 heavy (non-hydrogen) atoms. The highest BCUT2D eigenvalue weighted by molar-refractivity contribution is 5.25. The molecule has 0 aliphatic heterocycles. The molecule has 1 N–H and O–H groups in total. The van der Waals surface area contributed by atoms with Gasteiger partial charge in [-0.15, -0.1) is 0 Å². The molecule has 2 nitrogen and oxygen atoms in total. The van der Waals surface area contributed by atoms with Crippen molar-refractivity contribution in [2.75, 3.05) is 6.54 Å². The lowest BCUT2D eigenvalue weighted by atomic mass is 9.64. The van der Waals surface area contributed by atoms with E-state index in [4.69, 9.17) is 0 Å². The van der Waals surface area contributed by atoms with Gasteiger partial charge in [-0.05, 0) is 45.2 Å². The molecule has 2 heteroatoms. The summed E-state index contributed by atoms with van der Waals surface area (Å²) in [7, 11) is 0. The topological polar surface area (TPSA) is 24.9 Å². The number of pyridine rings is 1. The molecule has 1 aliphatic carbocycles. The van der Waals surface area contributed by atoms with Crippen LogP contribution in [0.5, 0.6) is 0 Å². The van der Waals surface area contributed by atoms with Crippen molar-refractivity contribution < 1.29 is 0 Å². The van der Waals surface area contributed by atoms with Crippen LogP contribution < -0.4 is 5.32 Å². The number of aromatic nitrogens is 1. The van der Waals surface area contributed by atoms with Crippen molar-refractivity contribution >= 4 is 0 Å². The Morgan fingerprint density at radius 3 is 2.56 bits per heavy atom. The fraction of sp³-hybridized carbons (Fsp3) is 0.643. The first-order valence-electron chi connectivity index (χ1n) is 6.17. The Morgan fingerprint density at radius 1 is 1.38 bits per heavy atom. The number of rotatable bonds is 3. The van der Waals surface area contributed by atoms with Crippen LogP contribution in [0.1, 0.15) is 45.6 Å². The molecule has 1 aliphatic rings. The molecule has 88 valence electrons. The van der Waals surface area contributed by atoms with Crippen molar-refractivity contribution in [3.05, 3.63) is 30.1 Å². The van der Waals surface area contributed by atoms with Crippen LogP contribution >= 0.6 is 0 Å². The van der Waals surface area contributed by atoms with Crippen molar-refractivity contribution in [3.63, 3.8) is 0 Å². The van der Waals surface area contributed by atoms with Gasteiger partial charge in [0.05, 0.1) is 0 Å². The molecule has 0 spiro atoms. The number of nitrogens with zero attached hydrogens (tertiary/aromatic N) is 1. The van der Waals surface area contributed by atoms with Crippen molar-refractivity contribution in [1.29, 1.82) is 0 Å². The third kappa shape index (κ3) is 2.43. The van der Waals surface area contributed by atoms with Gasteiger partial charge in [0.1, 0.15) is 0 Å². The Labute approximate surface area is 98.5 Å². The standard InChI is InChI=1S/C14H22N2/c1-13(2,3)16-11-14(7-5-8-14)12-6-4-9-15-10-12/h4,6,9-10,16H,5,7-8,11H2,1-3H3. The Hall–Kier alpha value is -0.890. The molecular weight excluding hydrogens is 196 g/mol. The summed E-state index contributed by atoms with van der Waals surface area (Å²) in [6.07, 6.45) is 7.82. The average molecular weight is 218 g/mol. The lowest BCUT2D eigenvalue weighted by molar-refractivity contribution is 0.212. The molecule has 1 aromatic rings. The highest BCUT2D eigenvalue weighted by Crippen LogP contribution is 2.43. The van der Waals surface area contributed by atoms with Gasteiger partial charge in [0, 0.05) is 29.9 Å². The fourth-order valence-corrected chi connectivity index (χ4v) is 2.28. The summed E-state index contributed by atoms with van der Waals surface area (Å²) in [5.74, 6) is 0. The normalized spacial score (nSPS) is 19.2. The van der Waals surface area contributed by atoms with Crippen LogP contribution in [0.3, 0.4) is 0 Å². The molecule has 1 fully saturated rings. The quantitative estimate of drug-likeness (QED) is 0.844. The second kappa shape index (κ2) is 4.17. The van der Waals surface area contributed by atoms with Gasteiger partial charge < -0.3 is 5.32 Å². The summed E-state index contributed by atoms with van der Waals surface area (Å²) in [6, 6.07) is 4.27. The zero-order valence-corrected chi connectivity index (χ0v) is 10.6. The molecule has 1 aromatic heterocycles. The second-order valence-corrected chi connectivity index (χ2v) is 5.98. The highest BCUT2D eigenvalue weighted by Gasteiger charge is 2.39. The highest BCUT2D eigenvalue weighted by atomic mass is 15.0. The van der Waals surface area contributed by atoms with Gasteiger partial charge in [-0.25, -0.2) is 0 Å². The van der Waals surface area contributed by atoms with Crippen LogP contribution in [-0.2, 0) is 5.41 Å². The third-order valence-corrected chi connectivity index (χ3v) is 3.54. The largest absolute Gasteiger partial charge is 0.311 e. The van der Waals surface area contributed by atoms with E-state index in [0.717, 1.165) is 6.54 Å². The van der Waals surface area contributed by atoms with Gasteiger partial charge >= 0.3 is 0 Å². The minimum absolute atomic E-state index is 0.199. The van der Waals surface area contributed by atoms with E-state index in [1.165, 1.54) is 24.8 Å². The van der Waals surface area contributed by atoms with Crippen LogP contribution in [0.2, 0.25) is 0 Å². The number of hydrogen-bond donors (Lipinski definition) is 1. The summed E-state index contributed by atoms with van der Waals surface area (Å²) in [5, 5.41) is 3.64. The Morgan fingerprint density at radius 2 is 2.12 bits per heavy atom. The summed E-state index contributed by atoms with van der Waals surface area (Å²) in [6.45, 7) is 7.75. The summed E-state index contributed by atoms with van der Waals surface area (Å²) < 4.78 is 0. The van der Waals surface area contributed by atoms with Gasteiger partial charge in [-0.2, -0.15) is 0 Å². The smallest absolute Gasteiger partial charge is 0.0306 e. The summed E-state index contributed by atoms with van der Waals surface area (Å²) >= 11 is 0. The minimum Gasteiger partial charge on any atom is -0.311 e. The van der Waals surface area contributed by atoms with Gasteiger partial charge in [0.15, 0.2) is 0 Å². The third-order valence-electron chi connectivity index (χ3n) is 3.54. The average Bonchev–Trinajstić information content (AvgIpc) is 2.16. The van der Waals surface area contributed by atoms with Gasteiger partial charge in [0.25, 0.3) is 0 Å². The van der Waals surface area contributed by atoms with Crippen LogP contribution in [0.15, 0.2) is 24.5 Å². The summed E-state index contributed by atoms with van der Waals surface area (Å²) in [4.78, 5) is 4.25. The van der Waals surface area contributed by atoms with Crippen molar-refractivity contribution in [2.45, 2.75) is 51.0 Å². The van der Waals surface area contributed by atoms with Gasteiger partial charge in [-0.3, -0.25) is 4.98 Å². The van der Waals surface area contributed by atoms with Crippen molar-refractivity contribution in [3.8, 4) is 0 Å². The van der Waals surface area contributed by atoms with Crippen molar-refractivity contribution in [2.24, 2.45) is 0 Å². The van der Waals surface area contributed by atoms with E-state index in [1.807, 2.05) is 18.5 Å².